The minimum Gasteiger partial charge on any atom is -0.473 e. The average molecular weight is 249 g/mol. The number of nitrogens with zero attached hydrogens (tertiary/aromatic N) is 2. The van der Waals surface area contributed by atoms with Crippen LogP contribution in [-0.4, -0.2) is 23.1 Å². The smallest absolute Gasteiger partial charge is 0.221 e. The lowest BCUT2D eigenvalue weighted by atomic mass is 10.2. The van der Waals surface area contributed by atoms with Gasteiger partial charge >= 0.3 is 0 Å². The molecule has 18 heavy (non-hydrogen) atoms. The minimum absolute atomic E-state index is 0.546. The summed E-state index contributed by atoms with van der Waals surface area (Å²) < 4.78 is 5.64. The van der Waals surface area contributed by atoms with E-state index in [1.165, 1.54) is 0 Å². The van der Waals surface area contributed by atoms with E-state index in [0.29, 0.717) is 18.4 Å². The molecule has 0 unspecified atom stereocenters. The van der Waals surface area contributed by atoms with Crippen molar-refractivity contribution in [2.24, 2.45) is 5.92 Å². The van der Waals surface area contributed by atoms with E-state index in [2.05, 4.69) is 29.1 Å². The number of aromatic nitrogens is 2. The number of aryl methyl sites for hydroxylation is 1. The Morgan fingerprint density at radius 2 is 2.22 bits per heavy atom. The summed E-state index contributed by atoms with van der Waals surface area (Å²) >= 11 is 0. The summed E-state index contributed by atoms with van der Waals surface area (Å²) in [6, 6.07) is 0. The molecule has 0 aliphatic carbocycles. The van der Waals surface area contributed by atoms with Crippen LogP contribution in [0.25, 0.3) is 0 Å². The fourth-order valence-corrected chi connectivity index (χ4v) is 1.44. The molecule has 0 aromatic carbocycles. The Hall–Kier alpha value is -1.42. The van der Waals surface area contributed by atoms with E-state index >= 15 is 0 Å². The SMILES string of the molecule is C/C=C/COc1nc(C)ncc1CNCC(C)C. The van der Waals surface area contributed by atoms with Gasteiger partial charge in [0.15, 0.2) is 0 Å². The lowest BCUT2D eigenvalue weighted by molar-refractivity contribution is 0.340. The third kappa shape index (κ3) is 5.27. The standard InChI is InChI=1S/C14H23N3O/c1-5-6-7-18-14-13(9-15-8-11(2)3)10-16-12(4)17-14/h5-6,10-11,15H,7-9H2,1-4H3/b6-5+. The van der Waals surface area contributed by atoms with E-state index < -0.39 is 0 Å². The molecule has 0 amide bonds. The first-order valence-corrected chi connectivity index (χ1v) is 6.40. The van der Waals surface area contributed by atoms with Crippen LogP contribution in [-0.2, 0) is 6.54 Å². The maximum absolute atomic E-state index is 5.64. The van der Waals surface area contributed by atoms with Crippen LogP contribution in [0.4, 0.5) is 0 Å². The van der Waals surface area contributed by atoms with Crippen molar-refractivity contribution in [3.8, 4) is 5.88 Å². The molecule has 1 N–H and O–H groups in total. The van der Waals surface area contributed by atoms with Crippen LogP contribution in [0.2, 0.25) is 0 Å². The van der Waals surface area contributed by atoms with Gasteiger partial charge in [-0.2, -0.15) is 4.98 Å². The molecule has 4 heteroatoms. The number of rotatable bonds is 7. The summed E-state index contributed by atoms with van der Waals surface area (Å²) in [5.41, 5.74) is 1.01. The van der Waals surface area contributed by atoms with Gasteiger partial charge < -0.3 is 10.1 Å². The lowest BCUT2D eigenvalue weighted by Crippen LogP contribution is -2.20. The first-order valence-electron chi connectivity index (χ1n) is 6.40. The Bertz CT molecular complexity index is 389. The van der Waals surface area contributed by atoms with E-state index in [9.17, 15) is 0 Å². The highest BCUT2D eigenvalue weighted by atomic mass is 16.5. The second-order valence-corrected chi connectivity index (χ2v) is 4.65. The molecule has 4 nitrogen and oxygen atoms in total. The van der Waals surface area contributed by atoms with E-state index in [0.717, 1.165) is 24.5 Å². The Labute approximate surface area is 109 Å². The lowest BCUT2D eigenvalue weighted by Gasteiger charge is -2.11. The van der Waals surface area contributed by atoms with Crippen molar-refractivity contribution in [3.05, 3.63) is 29.7 Å². The monoisotopic (exact) mass is 249 g/mol. The summed E-state index contributed by atoms with van der Waals surface area (Å²) in [6.07, 6.45) is 5.76. The molecule has 1 rings (SSSR count). The molecule has 0 bridgehead atoms. The topological polar surface area (TPSA) is 47.0 Å². The normalized spacial score (nSPS) is 11.4. The summed E-state index contributed by atoms with van der Waals surface area (Å²) in [6.45, 7) is 10.5. The predicted molar refractivity (Wildman–Crippen MR) is 73.6 cm³/mol. The van der Waals surface area contributed by atoms with Crippen LogP contribution in [0, 0.1) is 12.8 Å². The van der Waals surface area contributed by atoms with Crippen LogP contribution < -0.4 is 10.1 Å². The molecule has 1 aromatic heterocycles. The largest absolute Gasteiger partial charge is 0.473 e. The molecular weight excluding hydrogens is 226 g/mol. The quantitative estimate of drug-likeness (QED) is 0.754. The fraction of sp³-hybridized carbons (Fsp3) is 0.571. The van der Waals surface area contributed by atoms with Crippen LogP contribution in [0.3, 0.4) is 0 Å². The van der Waals surface area contributed by atoms with Crippen LogP contribution in [0.1, 0.15) is 32.2 Å². The fourth-order valence-electron chi connectivity index (χ4n) is 1.44. The third-order valence-corrected chi connectivity index (χ3v) is 2.37. The maximum atomic E-state index is 5.64. The average Bonchev–Trinajstić information content (AvgIpc) is 2.32. The van der Waals surface area contributed by atoms with Crippen molar-refractivity contribution < 1.29 is 4.74 Å². The van der Waals surface area contributed by atoms with E-state index in [4.69, 9.17) is 4.74 Å². The van der Waals surface area contributed by atoms with Crippen LogP contribution in [0.5, 0.6) is 5.88 Å². The summed E-state index contributed by atoms with van der Waals surface area (Å²) in [5, 5.41) is 3.37. The number of ether oxygens (including phenoxy) is 1. The molecule has 100 valence electrons. The van der Waals surface area contributed by atoms with Gasteiger partial charge in [0.1, 0.15) is 12.4 Å². The zero-order chi connectivity index (χ0) is 13.4. The van der Waals surface area contributed by atoms with Crippen LogP contribution >= 0.6 is 0 Å². The highest BCUT2D eigenvalue weighted by Crippen LogP contribution is 2.14. The number of allylic oxidation sites excluding steroid dienone is 1. The number of hydrogen-bond acceptors (Lipinski definition) is 4. The molecule has 0 spiro atoms. The maximum Gasteiger partial charge on any atom is 0.221 e. The van der Waals surface area contributed by atoms with Crippen LogP contribution in [0.15, 0.2) is 18.3 Å². The Morgan fingerprint density at radius 1 is 1.44 bits per heavy atom. The Kier molecular flexibility index (Phi) is 6.36. The molecule has 0 aliphatic heterocycles. The summed E-state index contributed by atoms with van der Waals surface area (Å²) in [4.78, 5) is 8.55. The van der Waals surface area contributed by atoms with Gasteiger partial charge in [0, 0.05) is 18.3 Å². The van der Waals surface area contributed by atoms with Gasteiger partial charge in [-0.1, -0.05) is 26.0 Å². The van der Waals surface area contributed by atoms with Crippen molar-refractivity contribution in [2.45, 2.75) is 34.2 Å². The molecular formula is C14H23N3O. The van der Waals surface area contributed by atoms with Gasteiger partial charge in [-0.15, -0.1) is 0 Å². The van der Waals surface area contributed by atoms with Crippen molar-refractivity contribution in [1.82, 2.24) is 15.3 Å². The molecule has 0 aliphatic rings. The minimum atomic E-state index is 0.546. The van der Waals surface area contributed by atoms with Crippen molar-refractivity contribution >= 4 is 0 Å². The van der Waals surface area contributed by atoms with Crippen molar-refractivity contribution in [3.63, 3.8) is 0 Å². The summed E-state index contributed by atoms with van der Waals surface area (Å²) in [7, 11) is 0. The molecule has 0 radical (unpaired) electrons. The number of nitrogens with one attached hydrogen (secondary N) is 1. The molecule has 0 fully saturated rings. The molecule has 0 atom stereocenters. The van der Waals surface area contributed by atoms with Gasteiger partial charge in [0.25, 0.3) is 0 Å². The zero-order valence-electron chi connectivity index (χ0n) is 11.7. The van der Waals surface area contributed by atoms with Gasteiger partial charge in [-0.25, -0.2) is 4.98 Å². The third-order valence-electron chi connectivity index (χ3n) is 2.37. The second kappa shape index (κ2) is 7.82. The first-order chi connectivity index (χ1) is 8.63. The highest BCUT2D eigenvalue weighted by molar-refractivity contribution is 5.23. The van der Waals surface area contributed by atoms with Crippen molar-refractivity contribution in [2.75, 3.05) is 13.2 Å². The predicted octanol–water partition coefficient (Wildman–Crippen LogP) is 2.49. The Balaban J connectivity index is 2.63. The van der Waals surface area contributed by atoms with Gasteiger partial charge in [-0.05, 0) is 26.3 Å². The molecule has 1 aromatic rings. The Morgan fingerprint density at radius 3 is 2.89 bits per heavy atom. The first kappa shape index (κ1) is 14.6. The van der Waals surface area contributed by atoms with E-state index in [1.807, 2.05) is 32.2 Å². The van der Waals surface area contributed by atoms with Gasteiger partial charge in [0.2, 0.25) is 5.88 Å². The van der Waals surface area contributed by atoms with E-state index in [-0.39, 0.29) is 0 Å². The van der Waals surface area contributed by atoms with Crippen molar-refractivity contribution in [1.29, 1.82) is 0 Å². The molecule has 1 heterocycles. The van der Waals surface area contributed by atoms with Gasteiger partial charge in [-0.3, -0.25) is 0 Å². The molecule has 0 saturated carbocycles. The van der Waals surface area contributed by atoms with Gasteiger partial charge in [0.05, 0.1) is 0 Å². The number of hydrogen-bond donors (Lipinski definition) is 1. The summed E-state index contributed by atoms with van der Waals surface area (Å²) in [5.74, 6) is 2.04. The second-order valence-electron chi connectivity index (χ2n) is 4.65. The van der Waals surface area contributed by atoms with E-state index in [1.54, 1.807) is 0 Å². The molecule has 0 saturated heterocycles. The zero-order valence-corrected chi connectivity index (χ0v) is 11.7. The highest BCUT2D eigenvalue weighted by Gasteiger charge is 2.06.